The van der Waals surface area contributed by atoms with Crippen molar-refractivity contribution in [1.82, 2.24) is 5.32 Å². The highest BCUT2D eigenvalue weighted by Crippen LogP contribution is 2.13. The summed E-state index contributed by atoms with van der Waals surface area (Å²) in [6, 6.07) is -0.0555. The smallest absolute Gasteiger partial charge is 0.154 e. The minimum absolute atomic E-state index is 0.0624. The van der Waals surface area contributed by atoms with Crippen molar-refractivity contribution in [2.24, 2.45) is 0 Å². The summed E-state index contributed by atoms with van der Waals surface area (Å²) in [6.07, 6.45) is 1.25. The molecule has 0 spiro atoms. The molecule has 6 heteroatoms. The minimum atomic E-state index is -3.02. The largest absolute Gasteiger partial charge is 0.390 e. The lowest BCUT2D eigenvalue weighted by atomic mass is 10.2. The number of sulfone groups is 1. The van der Waals surface area contributed by atoms with Gasteiger partial charge < -0.3 is 10.4 Å². The van der Waals surface area contributed by atoms with E-state index in [0.717, 1.165) is 5.75 Å². The topological polar surface area (TPSA) is 66.4 Å². The molecule has 1 aliphatic rings. The highest BCUT2D eigenvalue weighted by molar-refractivity contribution is 7.98. The van der Waals surface area contributed by atoms with Crippen molar-refractivity contribution in [3.63, 3.8) is 0 Å². The fourth-order valence-electron chi connectivity index (χ4n) is 1.65. The fraction of sp³-hybridized carbons (Fsp3) is 1.00. The number of rotatable bonds is 4. The van der Waals surface area contributed by atoms with Crippen LogP contribution >= 0.6 is 11.8 Å². The number of aliphatic hydroxyl groups excluding tert-OH is 1. The van der Waals surface area contributed by atoms with Gasteiger partial charge in [0.15, 0.2) is 9.84 Å². The minimum Gasteiger partial charge on any atom is -0.390 e. The average molecular weight is 239 g/mol. The van der Waals surface area contributed by atoms with E-state index in [-0.39, 0.29) is 23.6 Å². The van der Waals surface area contributed by atoms with Crippen LogP contribution in [0.5, 0.6) is 0 Å². The predicted molar refractivity (Wildman–Crippen MR) is 59.4 cm³/mol. The molecular weight excluding hydrogens is 222 g/mol. The molecule has 0 saturated carbocycles. The second-order valence-electron chi connectivity index (χ2n) is 3.77. The quantitative estimate of drug-likeness (QED) is 0.691. The van der Waals surface area contributed by atoms with Crippen LogP contribution in [0.15, 0.2) is 0 Å². The van der Waals surface area contributed by atoms with E-state index in [0.29, 0.717) is 0 Å². The summed E-state index contributed by atoms with van der Waals surface area (Å²) in [7, 11) is -3.02. The highest BCUT2D eigenvalue weighted by atomic mass is 32.2. The van der Waals surface area contributed by atoms with Gasteiger partial charge in [-0.2, -0.15) is 11.8 Å². The molecule has 1 fully saturated rings. The molecule has 1 aliphatic heterocycles. The van der Waals surface area contributed by atoms with Crippen LogP contribution in [0.2, 0.25) is 0 Å². The molecule has 0 bridgehead atoms. The number of hydrogen-bond acceptors (Lipinski definition) is 5. The van der Waals surface area contributed by atoms with Gasteiger partial charge in [0.05, 0.1) is 17.6 Å². The van der Waals surface area contributed by atoms with Crippen LogP contribution in [0.25, 0.3) is 0 Å². The standard InChI is InChI=1S/C8H17NO3S2/c1-6(3-13-2)9-7-4-14(11,12)5-8(7)10/h6-10H,3-5H2,1-2H3. The Labute approximate surface area is 89.4 Å². The number of nitrogens with one attached hydrogen (secondary N) is 1. The Balaban J connectivity index is 2.46. The first kappa shape index (κ1) is 12.3. The van der Waals surface area contributed by atoms with Gasteiger partial charge in [-0.05, 0) is 13.2 Å². The van der Waals surface area contributed by atoms with Crippen molar-refractivity contribution in [3.8, 4) is 0 Å². The zero-order valence-corrected chi connectivity index (χ0v) is 10.1. The molecule has 84 valence electrons. The zero-order valence-electron chi connectivity index (χ0n) is 8.43. The molecule has 0 aromatic carbocycles. The zero-order chi connectivity index (χ0) is 10.8. The van der Waals surface area contributed by atoms with Gasteiger partial charge in [0, 0.05) is 17.8 Å². The Kier molecular flexibility index (Phi) is 4.24. The fourth-order valence-corrected chi connectivity index (χ4v) is 4.00. The van der Waals surface area contributed by atoms with Crippen molar-refractivity contribution in [2.45, 2.75) is 25.1 Å². The SMILES string of the molecule is CSCC(C)NC1CS(=O)(=O)CC1O. The van der Waals surface area contributed by atoms with E-state index in [1.54, 1.807) is 11.8 Å². The van der Waals surface area contributed by atoms with Crippen LogP contribution in [0.1, 0.15) is 6.92 Å². The van der Waals surface area contributed by atoms with Crippen LogP contribution in [0, 0.1) is 0 Å². The summed E-state index contributed by atoms with van der Waals surface area (Å²) >= 11 is 1.70. The van der Waals surface area contributed by atoms with E-state index in [1.807, 2.05) is 13.2 Å². The Bertz CT molecular complexity index is 278. The first-order valence-corrected chi connectivity index (χ1v) is 7.79. The molecule has 0 aliphatic carbocycles. The molecule has 0 aromatic heterocycles. The van der Waals surface area contributed by atoms with Crippen LogP contribution in [-0.4, -0.2) is 55.2 Å². The van der Waals surface area contributed by atoms with Crippen molar-refractivity contribution in [1.29, 1.82) is 0 Å². The van der Waals surface area contributed by atoms with Gasteiger partial charge in [0.1, 0.15) is 0 Å². The number of thioether (sulfide) groups is 1. The van der Waals surface area contributed by atoms with Crippen LogP contribution < -0.4 is 5.32 Å². The van der Waals surface area contributed by atoms with Crippen molar-refractivity contribution in [2.75, 3.05) is 23.5 Å². The third-order valence-electron chi connectivity index (χ3n) is 2.24. The summed E-state index contributed by atoms with van der Waals surface area (Å²) in [5.74, 6) is 0.882. The van der Waals surface area contributed by atoms with E-state index in [2.05, 4.69) is 5.32 Å². The lowest BCUT2D eigenvalue weighted by molar-refractivity contribution is 0.162. The molecule has 2 N–H and O–H groups in total. The molecule has 0 radical (unpaired) electrons. The molecule has 1 heterocycles. The molecule has 14 heavy (non-hydrogen) atoms. The van der Waals surface area contributed by atoms with Crippen LogP contribution in [-0.2, 0) is 9.84 Å². The van der Waals surface area contributed by atoms with Gasteiger partial charge in [-0.25, -0.2) is 8.42 Å². The summed E-state index contributed by atoms with van der Waals surface area (Å²) < 4.78 is 22.4. The highest BCUT2D eigenvalue weighted by Gasteiger charge is 2.36. The van der Waals surface area contributed by atoms with Crippen molar-refractivity contribution in [3.05, 3.63) is 0 Å². The maximum atomic E-state index is 11.2. The Morgan fingerprint density at radius 2 is 2.21 bits per heavy atom. The Morgan fingerprint density at radius 3 is 2.64 bits per heavy atom. The Morgan fingerprint density at radius 1 is 1.57 bits per heavy atom. The van der Waals surface area contributed by atoms with E-state index < -0.39 is 15.9 Å². The third kappa shape index (κ3) is 3.42. The normalized spacial score (nSPS) is 33.1. The molecule has 1 rings (SSSR count). The number of hydrogen-bond donors (Lipinski definition) is 2. The predicted octanol–water partition coefficient (Wildman–Crippen LogP) is -0.515. The first-order chi connectivity index (χ1) is 6.44. The average Bonchev–Trinajstić information content (AvgIpc) is 2.25. The molecular formula is C8H17NO3S2. The van der Waals surface area contributed by atoms with Gasteiger partial charge in [-0.15, -0.1) is 0 Å². The van der Waals surface area contributed by atoms with Gasteiger partial charge in [-0.1, -0.05) is 0 Å². The second-order valence-corrected chi connectivity index (χ2v) is 6.84. The Hall–Kier alpha value is 0.220. The maximum absolute atomic E-state index is 11.2. The molecule has 0 amide bonds. The van der Waals surface area contributed by atoms with Crippen molar-refractivity contribution < 1.29 is 13.5 Å². The molecule has 0 aromatic rings. The van der Waals surface area contributed by atoms with Gasteiger partial charge in [0.25, 0.3) is 0 Å². The second kappa shape index (κ2) is 4.83. The first-order valence-electron chi connectivity index (χ1n) is 4.58. The van der Waals surface area contributed by atoms with E-state index in [4.69, 9.17) is 0 Å². The molecule has 1 saturated heterocycles. The van der Waals surface area contributed by atoms with Gasteiger partial charge in [-0.3, -0.25) is 0 Å². The van der Waals surface area contributed by atoms with E-state index in [1.165, 1.54) is 0 Å². The summed E-state index contributed by atoms with van der Waals surface area (Å²) in [5.41, 5.74) is 0. The number of aliphatic hydroxyl groups is 1. The summed E-state index contributed by atoms with van der Waals surface area (Å²) in [4.78, 5) is 0. The van der Waals surface area contributed by atoms with Crippen LogP contribution in [0.3, 0.4) is 0 Å². The third-order valence-corrected chi connectivity index (χ3v) is 4.79. The molecule has 3 atom stereocenters. The van der Waals surface area contributed by atoms with Crippen LogP contribution in [0.4, 0.5) is 0 Å². The lowest BCUT2D eigenvalue weighted by Gasteiger charge is -2.20. The lowest BCUT2D eigenvalue weighted by Crippen LogP contribution is -2.44. The van der Waals surface area contributed by atoms with Gasteiger partial charge >= 0.3 is 0 Å². The molecule has 4 nitrogen and oxygen atoms in total. The van der Waals surface area contributed by atoms with Gasteiger partial charge in [0.2, 0.25) is 0 Å². The van der Waals surface area contributed by atoms with Crippen molar-refractivity contribution >= 4 is 21.6 Å². The summed E-state index contributed by atoms with van der Waals surface area (Å²) in [5, 5.41) is 12.6. The monoisotopic (exact) mass is 239 g/mol. The maximum Gasteiger partial charge on any atom is 0.154 e. The van der Waals surface area contributed by atoms with E-state index >= 15 is 0 Å². The molecule has 3 unspecified atom stereocenters. The van der Waals surface area contributed by atoms with E-state index in [9.17, 15) is 13.5 Å². The summed E-state index contributed by atoms with van der Waals surface area (Å²) in [6.45, 7) is 1.99.